The number of rotatable bonds is 3. The maximum absolute atomic E-state index is 12.4. The fraction of sp³-hybridized carbons (Fsp3) is 0.944. The van der Waals surface area contributed by atoms with Crippen molar-refractivity contribution in [3.63, 3.8) is 0 Å². The van der Waals surface area contributed by atoms with Gasteiger partial charge in [0.15, 0.2) is 0 Å². The van der Waals surface area contributed by atoms with Crippen molar-refractivity contribution in [3.8, 4) is 0 Å². The molecule has 0 saturated heterocycles. The zero-order valence-electron chi connectivity index (χ0n) is 14.4. The lowest BCUT2D eigenvalue weighted by Crippen LogP contribution is -2.47. The number of nitrogens with one attached hydrogen (secondary N) is 1. The van der Waals surface area contributed by atoms with Gasteiger partial charge in [0.1, 0.15) is 0 Å². The van der Waals surface area contributed by atoms with E-state index in [9.17, 15) is 4.79 Å². The summed E-state index contributed by atoms with van der Waals surface area (Å²) in [6.07, 6.45) is 8.72. The van der Waals surface area contributed by atoms with E-state index in [1.807, 2.05) is 0 Å². The molecule has 2 atom stereocenters. The average Bonchev–Trinajstić information content (AvgIpc) is 2.27. The van der Waals surface area contributed by atoms with Crippen molar-refractivity contribution >= 4 is 5.91 Å². The predicted molar refractivity (Wildman–Crippen MR) is 87.9 cm³/mol. The Balaban J connectivity index is 1.87. The van der Waals surface area contributed by atoms with Crippen LogP contribution in [0, 0.1) is 16.7 Å². The van der Waals surface area contributed by atoms with E-state index in [4.69, 9.17) is 5.73 Å². The molecule has 0 bridgehead atoms. The van der Waals surface area contributed by atoms with Gasteiger partial charge >= 0.3 is 0 Å². The summed E-state index contributed by atoms with van der Waals surface area (Å²) in [5.41, 5.74) is 6.81. The Morgan fingerprint density at radius 2 is 1.67 bits per heavy atom. The Morgan fingerprint density at radius 3 is 2.24 bits per heavy atom. The average molecular weight is 294 g/mol. The van der Waals surface area contributed by atoms with Gasteiger partial charge < -0.3 is 11.1 Å². The Hall–Kier alpha value is -0.570. The maximum atomic E-state index is 12.4. The zero-order chi connectivity index (χ0) is 15.7. The molecule has 2 aliphatic carbocycles. The van der Waals surface area contributed by atoms with Gasteiger partial charge in [-0.3, -0.25) is 4.79 Å². The molecule has 2 fully saturated rings. The van der Waals surface area contributed by atoms with E-state index in [1.54, 1.807) is 0 Å². The van der Waals surface area contributed by atoms with Gasteiger partial charge in [-0.15, -0.1) is 0 Å². The third-order valence-electron chi connectivity index (χ3n) is 5.34. The molecule has 0 aromatic rings. The SMILES string of the molecule is CC1(C)CC(NC(=O)CC2CCCCC2N)CC(C)(C)C1. The molecule has 0 heterocycles. The van der Waals surface area contributed by atoms with Crippen molar-refractivity contribution in [1.82, 2.24) is 5.32 Å². The van der Waals surface area contributed by atoms with Gasteiger partial charge in [-0.05, 0) is 48.9 Å². The molecule has 3 N–H and O–H groups in total. The highest BCUT2D eigenvalue weighted by Crippen LogP contribution is 2.45. The second-order valence-electron chi connectivity index (χ2n) is 9.09. The minimum atomic E-state index is 0.218. The molecule has 0 spiro atoms. The summed E-state index contributed by atoms with van der Waals surface area (Å²) in [6.45, 7) is 9.29. The molecule has 2 aliphatic rings. The smallest absolute Gasteiger partial charge is 0.220 e. The van der Waals surface area contributed by atoms with Crippen LogP contribution in [-0.4, -0.2) is 18.0 Å². The standard InChI is InChI=1S/C18H34N2O/c1-17(2)10-14(11-18(3,4)12-17)20-16(21)9-13-7-5-6-8-15(13)19/h13-15H,5-12,19H2,1-4H3,(H,20,21). The first-order chi connectivity index (χ1) is 9.67. The van der Waals surface area contributed by atoms with E-state index in [1.165, 1.54) is 19.3 Å². The number of carbonyl (C=O) groups excluding carboxylic acids is 1. The molecule has 21 heavy (non-hydrogen) atoms. The molecule has 2 saturated carbocycles. The van der Waals surface area contributed by atoms with Crippen LogP contribution in [0.15, 0.2) is 0 Å². The lowest BCUT2D eigenvalue weighted by molar-refractivity contribution is -0.124. The van der Waals surface area contributed by atoms with E-state index in [0.717, 1.165) is 25.7 Å². The second-order valence-corrected chi connectivity index (χ2v) is 9.09. The van der Waals surface area contributed by atoms with Crippen molar-refractivity contribution in [2.75, 3.05) is 0 Å². The van der Waals surface area contributed by atoms with Gasteiger partial charge in [0.2, 0.25) is 5.91 Å². The van der Waals surface area contributed by atoms with Crippen molar-refractivity contribution in [2.45, 2.75) is 91.1 Å². The normalized spacial score (nSPS) is 32.6. The number of amides is 1. The molecule has 0 aliphatic heterocycles. The molecular formula is C18H34N2O. The van der Waals surface area contributed by atoms with E-state index in [-0.39, 0.29) is 11.9 Å². The van der Waals surface area contributed by atoms with E-state index < -0.39 is 0 Å². The van der Waals surface area contributed by atoms with Crippen molar-refractivity contribution in [3.05, 3.63) is 0 Å². The van der Waals surface area contributed by atoms with E-state index >= 15 is 0 Å². The lowest BCUT2D eigenvalue weighted by Gasteiger charge is -2.45. The van der Waals surface area contributed by atoms with Gasteiger partial charge in [-0.25, -0.2) is 0 Å². The van der Waals surface area contributed by atoms with Crippen LogP contribution in [0.3, 0.4) is 0 Å². The predicted octanol–water partition coefficient (Wildman–Crippen LogP) is 3.62. The van der Waals surface area contributed by atoms with Crippen LogP contribution in [0.2, 0.25) is 0 Å². The summed E-state index contributed by atoms with van der Waals surface area (Å²) >= 11 is 0. The molecule has 0 aromatic heterocycles. The first kappa shape index (κ1) is 16.8. The largest absolute Gasteiger partial charge is 0.353 e. The van der Waals surface area contributed by atoms with Crippen LogP contribution >= 0.6 is 0 Å². The highest BCUT2D eigenvalue weighted by atomic mass is 16.1. The van der Waals surface area contributed by atoms with Gasteiger partial charge in [0, 0.05) is 18.5 Å². The Morgan fingerprint density at radius 1 is 1.10 bits per heavy atom. The second kappa shape index (κ2) is 6.28. The first-order valence-electron chi connectivity index (χ1n) is 8.72. The van der Waals surface area contributed by atoms with Crippen LogP contribution in [0.5, 0.6) is 0 Å². The van der Waals surface area contributed by atoms with Crippen molar-refractivity contribution in [1.29, 1.82) is 0 Å². The number of hydrogen-bond donors (Lipinski definition) is 2. The van der Waals surface area contributed by atoms with Gasteiger partial charge in [0.25, 0.3) is 0 Å². The summed E-state index contributed by atoms with van der Waals surface area (Å²) < 4.78 is 0. The van der Waals surface area contributed by atoms with E-state index in [2.05, 4.69) is 33.0 Å². The summed E-state index contributed by atoms with van der Waals surface area (Å²) in [5, 5.41) is 3.30. The lowest BCUT2D eigenvalue weighted by atomic mass is 9.63. The first-order valence-corrected chi connectivity index (χ1v) is 8.72. The van der Waals surface area contributed by atoms with Crippen molar-refractivity contribution in [2.24, 2.45) is 22.5 Å². The van der Waals surface area contributed by atoms with Crippen LogP contribution < -0.4 is 11.1 Å². The fourth-order valence-corrected chi connectivity index (χ4v) is 4.96. The summed E-state index contributed by atoms with van der Waals surface area (Å²) in [7, 11) is 0. The zero-order valence-corrected chi connectivity index (χ0v) is 14.4. The van der Waals surface area contributed by atoms with Gasteiger partial charge in [-0.1, -0.05) is 40.5 Å². The third kappa shape index (κ3) is 4.98. The van der Waals surface area contributed by atoms with Crippen LogP contribution in [0.4, 0.5) is 0 Å². The van der Waals surface area contributed by atoms with Crippen LogP contribution in [0.1, 0.15) is 79.1 Å². The van der Waals surface area contributed by atoms with Crippen LogP contribution in [0.25, 0.3) is 0 Å². The molecule has 1 amide bonds. The third-order valence-corrected chi connectivity index (χ3v) is 5.34. The number of nitrogens with two attached hydrogens (primary N) is 1. The monoisotopic (exact) mass is 294 g/mol. The molecular weight excluding hydrogens is 260 g/mol. The number of hydrogen-bond acceptors (Lipinski definition) is 2. The summed E-state index contributed by atoms with van der Waals surface area (Å²) in [6, 6.07) is 0.555. The maximum Gasteiger partial charge on any atom is 0.220 e. The summed E-state index contributed by atoms with van der Waals surface area (Å²) in [5.74, 6) is 0.610. The topological polar surface area (TPSA) is 55.1 Å². The number of carbonyl (C=O) groups is 1. The molecule has 3 heteroatoms. The minimum absolute atomic E-state index is 0.218. The van der Waals surface area contributed by atoms with Crippen molar-refractivity contribution < 1.29 is 4.79 Å². The van der Waals surface area contributed by atoms with Gasteiger partial charge in [0.05, 0.1) is 0 Å². The Labute approximate surface area is 130 Å². The summed E-state index contributed by atoms with van der Waals surface area (Å²) in [4.78, 5) is 12.4. The van der Waals surface area contributed by atoms with E-state index in [0.29, 0.717) is 29.2 Å². The molecule has 2 rings (SSSR count). The highest BCUT2D eigenvalue weighted by molar-refractivity contribution is 5.76. The Kier molecular flexibility index (Phi) is 5.02. The molecule has 122 valence electrons. The quantitative estimate of drug-likeness (QED) is 0.835. The van der Waals surface area contributed by atoms with Crippen LogP contribution in [-0.2, 0) is 4.79 Å². The Bertz CT molecular complexity index is 359. The highest BCUT2D eigenvalue weighted by Gasteiger charge is 2.39. The molecule has 0 radical (unpaired) electrons. The van der Waals surface area contributed by atoms with Gasteiger partial charge in [-0.2, -0.15) is 0 Å². The molecule has 3 nitrogen and oxygen atoms in total. The molecule has 0 aromatic carbocycles. The molecule has 2 unspecified atom stereocenters. The minimum Gasteiger partial charge on any atom is -0.353 e. The fourth-order valence-electron chi connectivity index (χ4n) is 4.96.